The van der Waals surface area contributed by atoms with Gasteiger partial charge in [-0.3, -0.25) is 4.79 Å². The maximum atomic E-state index is 12.7. The Kier molecular flexibility index (Phi) is 4.99. The molecule has 0 bridgehead atoms. The summed E-state index contributed by atoms with van der Waals surface area (Å²) in [6.45, 7) is 0.581. The molecule has 1 atom stereocenters. The fourth-order valence-corrected chi connectivity index (χ4v) is 5.07. The van der Waals surface area contributed by atoms with E-state index in [4.69, 9.17) is 11.6 Å². The van der Waals surface area contributed by atoms with Crippen molar-refractivity contribution in [3.8, 4) is 0 Å². The van der Waals surface area contributed by atoms with Crippen LogP contribution in [0.5, 0.6) is 0 Å². The molecule has 1 heterocycles. The Morgan fingerprint density at radius 2 is 1.88 bits per heavy atom. The van der Waals surface area contributed by atoms with Gasteiger partial charge in [-0.2, -0.15) is 0 Å². The van der Waals surface area contributed by atoms with Crippen LogP contribution in [0.1, 0.15) is 16.8 Å². The van der Waals surface area contributed by atoms with Crippen molar-refractivity contribution < 1.29 is 13.2 Å². The lowest BCUT2D eigenvalue weighted by atomic mass is 10.2. The number of hydrogen-bond donors (Lipinski definition) is 0. The minimum absolute atomic E-state index is 0.179. The largest absolute Gasteiger partial charge is 0.337 e. The Morgan fingerprint density at radius 3 is 2.58 bits per heavy atom. The van der Waals surface area contributed by atoms with Crippen molar-refractivity contribution in [3.05, 3.63) is 63.6 Å². The van der Waals surface area contributed by atoms with Crippen molar-refractivity contribution in [2.45, 2.75) is 16.6 Å². The van der Waals surface area contributed by atoms with Crippen LogP contribution >= 0.6 is 27.5 Å². The molecule has 1 fully saturated rings. The van der Waals surface area contributed by atoms with Crippen LogP contribution in [-0.4, -0.2) is 37.6 Å². The lowest BCUT2D eigenvalue weighted by Crippen LogP contribution is -2.32. The molecule has 1 unspecified atom stereocenters. The molecule has 0 spiro atoms. The van der Waals surface area contributed by atoms with Gasteiger partial charge in [0.15, 0.2) is 9.84 Å². The van der Waals surface area contributed by atoms with Crippen molar-refractivity contribution in [2.75, 3.05) is 13.1 Å². The molecule has 1 aliphatic heterocycles. The summed E-state index contributed by atoms with van der Waals surface area (Å²) in [4.78, 5) is 14.5. The number of hydrogen-bond acceptors (Lipinski definition) is 3. The summed E-state index contributed by atoms with van der Waals surface area (Å²) in [6, 6.07) is 13.4. The van der Waals surface area contributed by atoms with Crippen molar-refractivity contribution in [3.63, 3.8) is 0 Å². The molecular weight excluding hydrogens is 414 g/mol. The number of rotatable bonds is 3. The SMILES string of the molecule is O=C(c1cc(Br)ccc1Cl)N1CCC(S(=O)(=O)c2ccccc2)C1. The maximum absolute atomic E-state index is 12.7. The van der Waals surface area contributed by atoms with Crippen LogP contribution in [0.15, 0.2) is 57.9 Å². The summed E-state index contributed by atoms with van der Waals surface area (Å²) in [5.41, 5.74) is 0.379. The van der Waals surface area contributed by atoms with E-state index in [1.807, 2.05) is 0 Å². The lowest BCUT2D eigenvalue weighted by Gasteiger charge is -2.18. The highest BCUT2D eigenvalue weighted by molar-refractivity contribution is 9.10. The summed E-state index contributed by atoms with van der Waals surface area (Å²) in [5, 5.41) is -0.229. The third-order valence-corrected chi connectivity index (χ3v) is 7.12. The predicted molar refractivity (Wildman–Crippen MR) is 97.1 cm³/mol. The minimum atomic E-state index is -3.44. The van der Waals surface area contributed by atoms with Gasteiger partial charge in [0.05, 0.1) is 20.7 Å². The van der Waals surface area contributed by atoms with Gasteiger partial charge in [-0.1, -0.05) is 45.7 Å². The van der Waals surface area contributed by atoms with Gasteiger partial charge in [0.25, 0.3) is 5.91 Å². The van der Waals surface area contributed by atoms with Crippen LogP contribution in [-0.2, 0) is 9.84 Å². The second kappa shape index (κ2) is 6.86. The number of benzene rings is 2. The minimum Gasteiger partial charge on any atom is -0.337 e. The summed E-state index contributed by atoms with van der Waals surface area (Å²) >= 11 is 9.43. The molecule has 24 heavy (non-hydrogen) atoms. The normalized spacial score (nSPS) is 17.9. The molecule has 126 valence electrons. The van der Waals surface area contributed by atoms with Crippen molar-refractivity contribution >= 4 is 43.3 Å². The molecule has 1 aliphatic rings. The fourth-order valence-electron chi connectivity index (χ4n) is 2.80. The van der Waals surface area contributed by atoms with Crippen LogP contribution in [0, 0.1) is 0 Å². The Labute approximate surface area is 154 Å². The van der Waals surface area contributed by atoms with E-state index in [-0.39, 0.29) is 12.5 Å². The average Bonchev–Trinajstić information content (AvgIpc) is 3.08. The third-order valence-electron chi connectivity index (χ3n) is 4.10. The second-order valence-corrected chi connectivity index (χ2v) is 9.20. The van der Waals surface area contributed by atoms with Gasteiger partial charge < -0.3 is 4.90 Å². The molecule has 2 aromatic carbocycles. The molecule has 2 aromatic rings. The molecule has 3 rings (SSSR count). The maximum Gasteiger partial charge on any atom is 0.255 e. The second-order valence-electron chi connectivity index (χ2n) is 5.64. The van der Waals surface area contributed by atoms with Gasteiger partial charge in [0.1, 0.15) is 0 Å². The molecule has 0 aromatic heterocycles. The first-order valence-electron chi connectivity index (χ1n) is 7.43. The van der Waals surface area contributed by atoms with E-state index in [1.54, 1.807) is 53.4 Å². The zero-order chi connectivity index (χ0) is 17.3. The average molecular weight is 429 g/mol. The fraction of sp³-hybridized carbons (Fsp3) is 0.235. The van der Waals surface area contributed by atoms with E-state index in [1.165, 1.54) is 0 Å². The van der Waals surface area contributed by atoms with Crippen molar-refractivity contribution in [2.24, 2.45) is 0 Å². The standard InChI is InChI=1S/C17H15BrClNO3S/c18-12-6-7-16(19)15(10-12)17(21)20-9-8-14(11-20)24(22,23)13-4-2-1-3-5-13/h1-7,10,14H,8-9,11H2. The van der Waals surface area contributed by atoms with Crippen LogP contribution in [0.25, 0.3) is 0 Å². The summed E-state index contributed by atoms with van der Waals surface area (Å²) < 4.78 is 26.1. The van der Waals surface area contributed by atoms with E-state index < -0.39 is 15.1 Å². The number of carbonyl (C=O) groups is 1. The molecular formula is C17H15BrClNO3S. The Balaban J connectivity index is 1.80. The van der Waals surface area contributed by atoms with Crippen LogP contribution in [0.4, 0.5) is 0 Å². The molecule has 0 aliphatic carbocycles. The highest BCUT2D eigenvalue weighted by Crippen LogP contribution is 2.27. The molecule has 0 saturated carbocycles. The topological polar surface area (TPSA) is 54.5 Å². The smallest absolute Gasteiger partial charge is 0.255 e. The third kappa shape index (κ3) is 3.36. The van der Waals surface area contributed by atoms with Gasteiger partial charge in [-0.25, -0.2) is 8.42 Å². The highest BCUT2D eigenvalue weighted by Gasteiger charge is 2.36. The monoisotopic (exact) mass is 427 g/mol. The number of nitrogens with zero attached hydrogens (tertiary/aromatic N) is 1. The Morgan fingerprint density at radius 1 is 1.17 bits per heavy atom. The lowest BCUT2D eigenvalue weighted by molar-refractivity contribution is 0.0793. The van der Waals surface area contributed by atoms with Crippen molar-refractivity contribution in [1.82, 2.24) is 4.90 Å². The molecule has 4 nitrogen and oxygen atoms in total. The van der Waals surface area contributed by atoms with Crippen LogP contribution in [0.2, 0.25) is 5.02 Å². The zero-order valence-electron chi connectivity index (χ0n) is 12.7. The quantitative estimate of drug-likeness (QED) is 0.747. The van der Waals surface area contributed by atoms with Crippen LogP contribution in [0.3, 0.4) is 0 Å². The molecule has 7 heteroatoms. The number of halogens is 2. The first kappa shape index (κ1) is 17.5. The van der Waals surface area contributed by atoms with Gasteiger partial charge in [-0.15, -0.1) is 0 Å². The summed E-state index contributed by atoms with van der Waals surface area (Å²) in [6.07, 6.45) is 0.425. The molecule has 1 amide bonds. The van der Waals surface area contributed by atoms with E-state index in [0.29, 0.717) is 28.4 Å². The molecule has 0 N–H and O–H groups in total. The first-order valence-corrected chi connectivity index (χ1v) is 10.1. The molecule has 0 radical (unpaired) electrons. The Hall–Kier alpha value is -1.37. The Bertz CT molecular complexity index is 871. The summed E-state index contributed by atoms with van der Waals surface area (Å²) in [5.74, 6) is -0.243. The van der Waals surface area contributed by atoms with E-state index in [9.17, 15) is 13.2 Å². The van der Waals surface area contributed by atoms with Crippen molar-refractivity contribution in [1.29, 1.82) is 0 Å². The zero-order valence-corrected chi connectivity index (χ0v) is 15.8. The number of amides is 1. The van der Waals surface area contributed by atoms with E-state index in [2.05, 4.69) is 15.9 Å². The molecule has 1 saturated heterocycles. The number of likely N-dealkylation sites (tertiary alicyclic amines) is 1. The first-order chi connectivity index (χ1) is 11.4. The van der Waals surface area contributed by atoms with Gasteiger partial charge >= 0.3 is 0 Å². The van der Waals surface area contributed by atoms with E-state index >= 15 is 0 Å². The number of sulfone groups is 1. The van der Waals surface area contributed by atoms with Gasteiger partial charge in [0.2, 0.25) is 0 Å². The van der Waals surface area contributed by atoms with Gasteiger partial charge in [0, 0.05) is 17.6 Å². The van der Waals surface area contributed by atoms with Gasteiger partial charge in [-0.05, 0) is 36.8 Å². The highest BCUT2D eigenvalue weighted by atomic mass is 79.9. The predicted octanol–water partition coefficient (Wildman–Crippen LogP) is 3.79. The van der Waals surface area contributed by atoms with E-state index in [0.717, 1.165) is 4.47 Å². The van der Waals surface area contributed by atoms with Crippen LogP contribution < -0.4 is 0 Å². The summed E-state index contributed by atoms with van der Waals surface area (Å²) in [7, 11) is -3.44. The number of carbonyl (C=O) groups excluding carboxylic acids is 1.